The molecule has 0 saturated carbocycles. The monoisotopic (exact) mass is 408 g/mol. The first-order chi connectivity index (χ1) is 14.7. The first-order valence-electron chi connectivity index (χ1n) is 9.86. The molecule has 2 aromatic rings. The van der Waals surface area contributed by atoms with Crippen LogP contribution in [0.1, 0.15) is 25.0 Å². The first-order valence-corrected chi connectivity index (χ1v) is 8.73. The Morgan fingerprint density at radius 1 is 1.25 bits per heavy atom. The molecule has 0 aliphatic carbocycles. The summed E-state index contributed by atoms with van der Waals surface area (Å²) in [5.74, 6) is -0.779. The lowest BCUT2D eigenvalue weighted by Crippen LogP contribution is -2.40. The smallest absolute Gasteiger partial charge is 0.273 e. The molecule has 148 valence electrons. The summed E-state index contributed by atoms with van der Waals surface area (Å²) < 4.78 is 32.3. The lowest BCUT2D eigenvalue weighted by molar-refractivity contribution is 0.0302. The lowest BCUT2D eigenvalue weighted by atomic mass is 10.1. The third kappa shape index (κ3) is 4.32. The molecule has 2 N–H and O–H groups in total. The predicted octanol–water partition coefficient (Wildman–Crippen LogP) is 1.71. The molecule has 0 spiro atoms. The maximum atomic E-state index is 12.7. The number of anilines is 2. The molecular formula is C18H20ClN5O4. The van der Waals surface area contributed by atoms with Crippen LogP contribution < -0.4 is 15.4 Å². The minimum absolute atomic E-state index is 0.00832. The zero-order valence-electron chi connectivity index (χ0n) is 18.0. The van der Waals surface area contributed by atoms with E-state index >= 15 is 0 Å². The fourth-order valence-electron chi connectivity index (χ4n) is 2.71. The van der Waals surface area contributed by atoms with Gasteiger partial charge in [0.05, 0.1) is 31.7 Å². The number of carbonyl (C=O) groups is 2. The van der Waals surface area contributed by atoms with Crippen LogP contribution in [0.2, 0.25) is 5.15 Å². The number of nitrogens with one attached hydrogen (secondary N) is 2. The highest BCUT2D eigenvalue weighted by Crippen LogP contribution is 2.31. The van der Waals surface area contributed by atoms with Crippen molar-refractivity contribution in [2.75, 3.05) is 45.7 Å². The fraction of sp³-hybridized carbons (Fsp3) is 0.333. The minimum atomic E-state index is -2.70. The highest BCUT2D eigenvalue weighted by atomic mass is 35.5. The molecule has 0 bridgehead atoms. The van der Waals surface area contributed by atoms with E-state index in [1.54, 1.807) is 23.1 Å². The Morgan fingerprint density at radius 2 is 2.04 bits per heavy atom. The van der Waals surface area contributed by atoms with Gasteiger partial charge in [0.2, 0.25) is 0 Å². The van der Waals surface area contributed by atoms with Gasteiger partial charge in [0.25, 0.3) is 11.8 Å². The predicted molar refractivity (Wildman–Crippen MR) is 103 cm³/mol. The van der Waals surface area contributed by atoms with Gasteiger partial charge in [-0.1, -0.05) is 11.6 Å². The van der Waals surface area contributed by atoms with Crippen molar-refractivity contribution in [1.82, 2.24) is 20.4 Å². The van der Waals surface area contributed by atoms with E-state index < -0.39 is 12.9 Å². The van der Waals surface area contributed by atoms with E-state index in [2.05, 4.69) is 15.5 Å². The van der Waals surface area contributed by atoms with Gasteiger partial charge in [-0.05, 0) is 18.2 Å². The average molecular weight is 409 g/mol. The number of hydrogen-bond acceptors (Lipinski definition) is 7. The van der Waals surface area contributed by atoms with Crippen molar-refractivity contribution in [3.05, 3.63) is 40.7 Å². The Morgan fingerprint density at radius 3 is 2.75 bits per heavy atom. The summed E-state index contributed by atoms with van der Waals surface area (Å²) in [5.41, 5.74) is 0.687. The molecule has 1 aliphatic heterocycles. The largest absolute Gasteiger partial charge is 0.495 e. The van der Waals surface area contributed by atoms with Crippen LogP contribution in [-0.4, -0.2) is 67.3 Å². The summed E-state index contributed by atoms with van der Waals surface area (Å²) in [7, 11) is 1.43. The van der Waals surface area contributed by atoms with Crippen LogP contribution in [0.3, 0.4) is 0 Å². The molecule has 0 radical (unpaired) electrons. The van der Waals surface area contributed by atoms with E-state index in [0.29, 0.717) is 43.3 Å². The summed E-state index contributed by atoms with van der Waals surface area (Å²) in [4.78, 5) is 26.7. The van der Waals surface area contributed by atoms with E-state index in [4.69, 9.17) is 25.2 Å². The quantitative estimate of drug-likeness (QED) is 0.775. The number of hydrogen-bond donors (Lipinski definition) is 2. The van der Waals surface area contributed by atoms with Crippen LogP contribution in [0.15, 0.2) is 24.3 Å². The Kier molecular flexibility index (Phi) is 5.08. The number of carbonyl (C=O) groups excluding carboxylic acids is 2. The molecule has 9 nitrogen and oxygen atoms in total. The summed E-state index contributed by atoms with van der Waals surface area (Å²) in [6, 6.07) is 6.11. The molecule has 3 rings (SSSR count). The van der Waals surface area contributed by atoms with Crippen LogP contribution in [0.4, 0.5) is 11.4 Å². The van der Waals surface area contributed by atoms with Crippen LogP contribution >= 0.6 is 11.6 Å². The molecule has 1 aliphatic rings. The fourth-order valence-corrected chi connectivity index (χ4v) is 2.86. The van der Waals surface area contributed by atoms with E-state index in [1.165, 1.54) is 13.2 Å². The van der Waals surface area contributed by atoms with Crippen molar-refractivity contribution in [3.63, 3.8) is 0 Å². The molecular weight excluding hydrogens is 386 g/mol. The van der Waals surface area contributed by atoms with E-state index in [1.807, 2.05) is 5.32 Å². The van der Waals surface area contributed by atoms with Gasteiger partial charge in [-0.3, -0.25) is 9.59 Å². The number of methoxy groups -OCH3 is 1. The summed E-state index contributed by atoms with van der Waals surface area (Å²) >= 11 is 5.90. The topological polar surface area (TPSA) is 106 Å². The van der Waals surface area contributed by atoms with Gasteiger partial charge in [0.15, 0.2) is 10.8 Å². The highest BCUT2D eigenvalue weighted by molar-refractivity contribution is 6.29. The third-order valence-corrected chi connectivity index (χ3v) is 4.29. The maximum Gasteiger partial charge on any atom is 0.273 e. The number of benzene rings is 1. The van der Waals surface area contributed by atoms with Gasteiger partial charge in [0, 0.05) is 35.8 Å². The lowest BCUT2D eigenvalue weighted by Gasteiger charge is -2.27. The number of halogens is 1. The third-order valence-electron chi connectivity index (χ3n) is 4.11. The molecule has 1 aromatic carbocycles. The summed E-state index contributed by atoms with van der Waals surface area (Å²) in [6.45, 7) is -0.720. The number of amides is 2. The molecule has 10 heteroatoms. The van der Waals surface area contributed by atoms with Crippen molar-refractivity contribution in [3.8, 4) is 5.75 Å². The average Bonchev–Trinajstić information content (AvgIpc) is 2.73. The molecule has 28 heavy (non-hydrogen) atoms. The van der Waals surface area contributed by atoms with Gasteiger partial charge >= 0.3 is 0 Å². The number of ether oxygens (including phenoxy) is 2. The van der Waals surface area contributed by atoms with Gasteiger partial charge in [-0.2, -0.15) is 0 Å². The zero-order valence-corrected chi connectivity index (χ0v) is 15.7. The van der Waals surface area contributed by atoms with Crippen molar-refractivity contribution in [2.24, 2.45) is 0 Å². The van der Waals surface area contributed by atoms with Gasteiger partial charge in [0.1, 0.15) is 5.75 Å². The number of rotatable bonds is 5. The van der Waals surface area contributed by atoms with Crippen LogP contribution in [-0.2, 0) is 4.74 Å². The number of morpholine rings is 1. The molecule has 2 heterocycles. The van der Waals surface area contributed by atoms with Crippen molar-refractivity contribution < 1.29 is 23.2 Å². The Hall–Kier alpha value is -2.91. The van der Waals surface area contributed by atoms with E-state index in [9.17, 15) is 9.59 Å². The summed E-state index contributed by atoms with van der Waals surface area (Å²) in [5, 5.41) is 12.1. The Labute approximate surface area is 171 Å². The van der Waals surface area contributed by atoms with Gasteiger partial charge in [-0.15, -0.1) is 10.2 Å². The number of aromatic nitrogens is 2. The second-order valence-corrected chi connectivity index (χ2v) is 6.22. The first kappa shape index (κ1) is 16.1. The molecule has 1 aromatic heterocycles. The zero-order chi connectivity index (χ0) is 22.6. The maximum absolute atomic E-state index is 12.7. The van der Waals surface area contributed by atoms with Crippen molar-refractivity contribution in [1.29, 1.82) is 0 Å². The molecule has 1 saturated heterocycles. The van der Waals surface area contributed by atoms with Crippen molar-refractivity contribution >= 4 is 34.8 Å². The Bertz CT molecular complexity index is 983. The van der Waals surface area contributed by atoms with Crippen LogP contribution in [0.25, 0.3) is 0 Å². The molecule has 0 unspecified atom stereocenters. The second kappa shape index (κ2) is 8.85. The minimum Gasteiger partial charge on any atom is -0.495 e. The highest BCUT2D eigenvalue weighted by Gasteiger charge is 2.21. The van der Waals surface area contributed by atoms with Crippen LogP contribution in [0, 0.1) is 0 Å². The summed E-state index contributed by atoms with van der Waals surface area (Å²) in [6.07, 6.45) is 0. The normalized spacial score (nSPS) is 15.8. The van der Waals surface area contributed by atoms with Crippen molar-refractivity contribution in [2.45, 2.75) is 0 Å². The molecule has 2 amide bonds. The van der Waals surface area contributed by atoms with Gasteiger partial charge < -0.3 is 25.0 Å². The standard InChI is InChI=1S/C18H20ClN5O4/c1-20-17(25)16-13(10-15(19)22-23-16)21-12-4-3-11(9-14(12)27-2)18(26)24-5-7-28-8-6-24/h3-4,9-10H,5-8H2,1-2H3,(H,20,25)(H,21,22)/i1D3. The molecule has 0 atom stereocenters. The number of nitrogens with zero attached hydrogens (tertiary/aromatic N) is 3. The SMILES string of the molecule is [2H]C([2H])([2H])NC(=O)c1nnc(Cl)cc1Nc1ccc(C(=O)N2CCOCC2)cc1OC. The van der Waals surface area contributed by atoms with E-state index in [-0.39, 0.29) is 22.4 Å². The van der Waals surface area contributed by atoms with Gasteiger partial charge in [-0.25, -0.2) is 0 Å². The molecule has 1 fully saturated rings. The Balaban J connectivity index is 1.88. The van der Waals surface area contributed by atoms with Crippen LogP contribution in [0.5, 0.6) is 5.75 Å². The van der Waals surface area contributed by atoms with E-state index in [0.717, 1.165) is 0 Å². The second-order valence-electron chi connectivity index (χ2n) is 5.83.